The molecule has 2 rings (SSSR count). The largest absolute Gasteiger partial charge is 0.370 e. The standard InChI is InChI=1S/C10H15N5S/c1-6-7-3-5-16-8(7)2-4-15(6)10(13)14-9(11)12/h3,5-6H,2,4H2,1H3,(H5,11,12,13,14). The molecule has 5 N–H and O–H groups in total. The Balaban J connectivity index is 2.22. The van der Waals surface area contributed by atoms with Crippen molar-refractivity contribution in [1.29, 1.82) is 5.41 Å². The van der Waals surface area contributed by atoms with Gasteiger partial charge in [-0.05, 0) is 30.4 Å². The van der Waals surface area contributed by atoms with Gasteiger partial charge < -0.3 is 16.4 Å². The number of rotatable bonds is 0. The number of aliphatic imine (C=N–C) groups is 1. The lowest BCUT2D eigenvalue weighted by molar-refractivity contribution is 0.316. The summed E-state index contributed by atoms with van der Waals surface area (Å²) in [6.07, 6.45) is 0.958. The summed E-state index contributed by atoms with van der Waals surface area (Å²) in [5, 5.41) is 9.91. The topological polar surface area (TPSA) is 91.5 Å². The maximum Gasteiger partial charge on any atom is 0.221 e. The fourth-order valence-corrected chi connectivity index (χ4v) is 2.95. The maximum atomic E-state index is 7.82. The fraction of sp³-hybridized carbons (Fsp3) is 0.400. The molecular weight excluding hydrogens is 222 g/mol. The van der Waals surface area contributed by atoms with E-state index < -0.39 is 0 Å². The molecule has 0 spiro atoms. The molecule has 1 aliphatic heterocycles. The Kier molecular flexibility index (Phi) is 2.82. The van der Waals surface area contributed by atoms with E-state index >= 15 is 0 Å². The van der Waals surface area contributed by atoms with E-state index in [2.05, 4.69) is 23.4 Å². The van der Waals surface area contributed by atoms with Gasteiger partial charge >= 0.3 is 0 Å². The van der Waals surface area contributed by atoms with Gasteiger partial charge in [0.15, 0.2) is 5.96 Å². The summed E-state index contributed by atoms with van der Waals surface area (Å²) in [4.78, 5) is 7.11. The minimum atomic E-state index is -0.0617. The number of thiophene rings is 1. The highest BCUT2D eigenvalue weighted by atomic mass is 32.1. The molecule has 1 unspecified atom stereocenters. The van der Waals surface area contributed by atoms with Crippen molar-refractivity contribution >= 4 is 23.3 Å². The smallest absolute Gasteiger partial charge is 0.221 e. The molecule has 1 aromatic heterocycles. The van der Waals surface area contributed by atoms with Crippen LogP contribution in [0.5, 0.6) is 0 Å². The van der Waals surface area contributed by atoms with Crippen LogP contribution in [0.1, 0.15) is 23.4 Å². The predicted octanol–water partition coefficient (Wildman–Crippen LogP) is 0.875. The van der Waals surface area contributed by atoms with Crippen LogP contribution in [0.2, 0.25) is 0 Å². The number of guanidine groups is 2. The Labute approximate surface area is 98.3 Å². The van der Waals surface area contributed by atoms with Crippen molar-refractivity contribution < 1.29 is 0 Å². The van der Waals surface area contributed by atoms with Crippen LogP contribution >= 0.6 is 11.3 Å². The van der Waals surface area contributed by atoms with Crippen LogP contribution in [0.4, 0.5) is 0 Å². The van der Waals surface area contributed by atoms with Gasteiger partial charge in [-0.15, -0.1) is 11.3 Å². The van der Waals surface area contributed by atoms with Gasteiger partial charge in [0.2, 0.25) is 5.96 Å². The summed E-state index contributed by atoms with van der Waals surface area (Å²) in [5.41, 5.74) is 11.8. The minimum absolute atomic E-state index is 0.0617. The van der Waals surface area contributed by atoms with Gasteiger partial charge in [-0.2, -0.15) is 4.99 Å². The van der Waals surface area contributed by atoms with Crippen molar-refractivity contribution in [3.63, 3.8) is 0 Å². The van der Waals surface area contributed by atoms with Gasteiger partial charge in [0.05, 0.1) is 6.04 Å². The first-order valence-corrected chi connectivity index (χ1v) is 5.98. The second-order valence-electron chi connectivity index (χ2n) is 3.78. The third kappa shape index (κ3) is 1.88. The first kappa shape index (κ1) is 10.9. The highest BCUT2D eigenvalue weighted by molar-refractivity contribution is 7.10. The Morgan fingerprint density at radius 2 is 2.38 bits per heavy atom. The zero-order chi connectivity index (χ0) is 11.7. The first-order valence-electron chi connectivity index (χ1n) is 5.10. The summed E-state index contributed by atoms with van der Waals surface area (Å²) < 4.78 is 0. The number of nitrogens with zero attached hydrogens (tertiary/aromatic N) is 2. The number of hydrogen-bond acceptors (Lipinski definition) is 2. The molecule has 1 aliphatic rings. The third-order valence-corrected chi connectivity index (χ3v) is 3.78. The van der Waals surface area contributed by atoms with E-state index in [4.69, 9.17) is 16.9 Å². The van der Waals surface area contributed by atoms with E-state index in [-0.39, 0.29) is 18.0 Å². The molecule has 0 bridgehead atoms. The van der Waals surface area contributed by atoms with Gasteiger partial charge in [-0.25, -0.2) is 0 Å². The highest BCUT2D eigenvalue weighted by Gasteiger charge is 2.26. The van der Waals surface area contributed by atoms with E-state index in [0.29, 0.717) is 0 Å². The van der Waals surface area contributed by atoms with Crippen molar-refractivity contribution in [1.82, 2.24) is 4.90 Å². The molecule has 86 valence electrons. The number of nitrogens with two attached hydrogens (primary N) is 2. The van der Waals surface area contributed by atoms with Crippen molar-refractivity contribution in [2.24, 2.45) is 16.5 Å². The van der Waals surface area contributed by atoms with Gasteiger partial charge in [0.1, 0.15) is 0 Å². The number of fused-ring (bicyclic) bond motifs is 1. The summed E-state index contributed by atoms with van der Waals surface area (Å²) >= 11 is 1.77. The van der Waals surface area contributed by atoms with E-state index in [0.717, 1.165) is 13.0 Å². The second-order valence-corrected chi connectivity index (χ2v) is 4.78. The Morgan fingerprint density at radius 1 is 1.62 bits per heavy atom. The lowest BCUT2D eigenvalue weighted by Gasteiger charge is -2.33. The lowest BCUT2D eigenvalue weighted by Crippen LogP contribution is -2.38. The SMILES string of the molecule is CC1c2ccsc2CCN1C(=N)N=C(N)N. The second kappa shape index (κ2) is 4.13. The van der Waals surface area contributed by atoms with Gasteiger partial charge in [-0.3, -0.25) is 5.41 Å². The summed E-state index contributed by atoms with van der Waals surface area (Å²) in [7, 11) is 0. The van der Waals surface area contributed by atoms with Crippen LogP contribution in [0.15, 0.2) is 16.4 Å². The van der Waals surface area contributed by atoms with Crippen molar-refractivity contribution in [3.8, 4) is 0 Å². The van der Waals surface area contributed by atoms with E-state index in [1.165, 1.54) is 10.4 Å². The van der Waals surface area contributed by atoms with Crippen LogP contribution in [0, 0.1) is 5.41 Å². The molecule has 1 aromatic rings. The average molecular weight is 237 g/mol. The van der Waals surface area contributed by atoms with Crippen LogP contribution < -0.4 is 11.5 Å². The van der Waals surface area contributed by atoms with E-state index in [1.807, 2.05) is 4.90 Å². The van der Waals surface area contributed by atoms with Crippen molar-refractivity contribution in [3.05, 3.63) is 21.9 Å². The zero-order valence-electron chi connectivity index (χ0n) is 9.10. The quantitative estimate of drug-likeness (QED) is 0.462. The molecule has 2 heterocycles. The zero-order valence-corrected chi connectivity index (χ0v) is 9.92. The molecule has 0 saturated carbocycles. The normalized spacial score (nSPS) is 19.1. The van der Waals surface area contributed by atoms with E-state index in [1.54, 1.807) is 11.3 Å². The number of nitrogens with one attached hydrogen (secondary N) is 1. The highest BCUT2D eigenvalue weighted by Crippen LogP contribution is 2.32. The Bertz CT molecular complexity index is 432. The molecule has 5 nitrogen and oxygen atoms in total. The van der Waals surface area contributed by atoms with Gasteiger partial charge in [0, 0.05) is 11.4 Å². The molecule has 0 saturated heterocycles. The lowest BCUT2D eigenvalue weighted by atomic mass is 10.0. The summed E-state index contributed by atoms with van der Waals surface area (Å²) in [6.45, 7) is 2.87. The third-order valence-electron chi connectivity index (χ3n) is 2.78. The predicted molar refractivity (Wildman–Crippen MR) is 66.7 cm³/mol. The van der Waals surface area contributed by atoms with Gasteiger partial charge in [-0.1, -0.05) is 0 Å². The first-order chi connectivity index (χ1) is 7.59. The Morgan fingerprint density at radius 3 is 3.06 bits per heavy atom. The molecular formula is C10H15N5S. The average Bonchev–Trinajstić information content (AvgIpc) is 2.65. The number of hydrogen-bond donors (Lipinski definition) is 3. The van der Waals surface area contributed by atoms with Crippen molar-refractivity contribution in [2.45, 2.75) is 19.4 Å². The van der Waals surface area contributed by atoms with Crippen LogP contribution in [-0.4, -0.2) is 23.4 Å². The molecule has 0 amide bonds. The summed E-state index contributed by atoms with van der Waals surface area (Å²) in [6, 6.07) is 2.28. The molecule has 16 heavy (non-hydrogen) atoms. The van der Waals surface area contributed by atoms with E-state index in [9.17, 15) is 0 Å². The van der Waals surface area contributed by atoms with Crippen molar-refractivity contribution in [2.75, 3.05) is 6.54 Å². The fourth-order valence-electron chi connectivity index (χ4n) is 1.99. The maximum absolute atomic E-state index is 7.82. The molecule has 0 aromatic carbocycles. The summed E-state index contributed by atoms with van der Waals surface area (Å²) in [5.74, 6) is 0.0812. The van der Waals surface area contributed by atoms with Crippen LogP contribution in [0.3, 0.4) is 0 Å². The molecule has 0 fully saturated rings. The van der Waals surface area contributed by atoms with Crippen LogP contribution in [-0.2, 0) is 6.42 Å². The molecule has 1 atom stereocenters. The van der Waals surface area contributed by atoms with Gasteiger partial charge in [0.25, 0.3) is 0 Å². The molecule has 6 heteroatoms. The minimum Gasteiger partial charge on any atom is -0.370 e. The van der Waals surface area contributed by atoms with Crippen LogP contribution in [0.25, 0.3) is 0 Å². The monoisotopic (exact) mass is 237 g/mol. The molecule has 0 aliphatic carbocycles. The molecule has 0 radical (unpaired) electrons. The Hall–Kier alpha value is -1.56.